The Kier molecular flexibility index (Phi) is 3.06. The van der Waals surface area contributed by atoms with E-state index < -0.39 is 11.6 Å². The molecule has 1 aromatic heterocycles. The number of anilines is 1. The zero-order valence-corrected chi connectivity index (χ0v) is 10.1. The molecule has 0 bridgehead atoms. The monoisotopic (exact) mass is 256 g/mol. The summed E-state index contributed by atoms with van der Waals surface area (Å²) < 4.78 is 32.2. The molecule has 1 heterocycles. The van der Waals surface area contributed by atoms with Crippen molar-refractivity contribution in [3.63, 3.8) is 0 Å². The fraction of sp³-hybridized carbons (Fsp3) is 0.182. The van der Waals surface area contributed by atoms with Gasteiger partial charge in [-0.3, -0.25) is 0 Å². The third kappa shape index (κ3) is 2.41. The Bertz CT molecular complexity index is 526. The second-order valence-electron chi connectivity index (χ2n) is 3.54. The average molecular weight is 256 g/mol. The maximum absolute atomic E-state index is 13.5. The highest BCUT2D eigenvalue weighted by Gasteiger charge is 2.15. The predicted octanol–water partition coefficient (Wildman–Crippen LogP) is 3.30. The lowest BCUT2D eigenvalue weighted by Gasteiger charge is -2.02. The van der Waals surface area contributed by atoms with Crippen LogP contribution >= 0.6 is 11.8 Å². The number of oxazole rings is 1. The number of nitrogens with zero attached hydrogens (tertiary/aromatic N) is 1. The van der Waals surface area contributed by atoms with Gasteiger partial charge in [0, 0.05) is 5.69 Å². The van der Waals surface area contributed by atoms with Crippen LogP contribution < -0.4 is 5.73 Å². The molecule has 0 spiro atoms. The van der Waals surface area contributed by atoms with Crippen molar-refractivity contribution in [3.05, 3.63) is 35.2 Å². The Balaban J connectivity index is 2.36. The molecule has 0 fully saturated rings. The molecule has 0 aliphatic carbocycles. The van der Waals surface area contributed by atoms with Gasteiger partial charge in [-0.15, -0.1) is 0 Å². The van der Waals surface area contributed by atoms with Crippen LogP contribution in [0.5, 0.6) is 0 Å². The summed E-state index contributed by atoms with van der Waals surface area (Å²) in [6, 6.07) is 2.13. The molecule has 0 unspecified atom stereocenters. The fourth-order valence-electron chi connectivity index (χ4n) is 1.25. The molecule has 0 saturated heterocycles. The molecule has 2 aromatic rings. The number of hydrogen-bond donors (Lipinski definition) is 1. The van der Waals surface area contributed by atoms with E-state index in [2.05, 4.69) is 4.98 Å². The van der Waals surface area contributed by atoms with Crippen molar-refractivity contribution in [3.8, 4) is 0 Å². The molecule has 0 saturated carbocycles. The third-order valence-electron chi connectivity index (χ3n) is 2.22. The standard InChI is InChI=1S/C11H10F2N2OS/c1-5-6(2)16-11(15-5)17-10-8(12)3-7(14)4-9(10)13/h3-4H,14H2,1-2H3. The van der Waals surface area contributed by atoms with Gasteiger partial charge in [0.1, 0.15) is 17.4 Å². The summed E-state index contributed by atoms with van der Waals surface area (Å²) in [4.78, 5) is 3.88. The molecular weight excluding hydrogens is 246 g/mol. The number of aromatic nitrogens is 1. The van der Waals surface area contributed by atoms with Crippen LogP contribution in [0.3, 0.4) is 0 Å². The first kappa shape index (κ1) is 11.9. The molecule has 0 radical (unpaired) electrons. The lowest BCUT2D eigenvalue weighted by Crippen LogP contribution is -1.93. The van der Waals surface area contributed by atoms with Crippen molar-refractivity contribution < 1.29 is 13.2 Å². The number of benzene rings is 1. The average Bonchev–Trinajstić information content (AvgIpc) is 2.52. The first-order valence-corrected chi connectivity index (χ1v) is 5.65. The van der Waals surface area contributed by atoms with E-state index in [1.807, 2.05) is 0 Å². The maximum atomic E-state index is 13.5. The van der Waals surface area contributed by atoms with Gasteiger partial charge in [-0.25, -0.2) is 13.8 Å². The van der Waals surface area contributed by atoms with Gasteiger partial charge in [-0.1, -0.05) is 0 Å². The van der Waals surface area contributed by atoms with Gasteiger partial charge in [0.15, 0.2) is 0 Å². The quantitative estimate of drug-likeness (QED) is 0.837. The van der Waals surface area contributed by atoms with E-state index in [4.69, 9.17) is 10.2 Å². The van der Waals surface area contributed by atoms with Crippen LogP contribution in [0.2, 0.25) is 0 Å². The summed E-state index contributed by atoms with van der Waals surface area (Å²) in [7, 11) is 0. The predicted molar refractivity (Wildman–Crippen MR) is 60.9 cm³/mol. The Labute approximate surface area is 101 Å². The summed E-state index contributed by atoms with van der Waals surface area (Å²) in [5, 5.41) is 0.211. The van der Waals surface area contributed by atoms with Gasteiger partial charge in [-0.05, 0) is 37.7 Å². The minimum Gasteiger partial charge on any atom is -0.436 e. The van der Waals surface area contributed by atoms with E-state index >= 15 is 0 Å². The Hall–Kier alpha value is -1.56. The van der Waals surface area contributed by atoms with Crippen molar-refractivity contribution in [2.24, 2.45) is 0 Å². The molecule has 1 aromatic carbocycles. The van der Waals surface area contributed by atoms with Gasteiger partial charge in [-0.2, -0.15) is 0 Å². The summed E-state index contributed by atoms with van der Waals surface area (Å²) in [6.07, 6.45) is 0. The zero-order valence-electron chi connectivity index (χ0n) is 9.25. The smallest absolute Gasteiger partial charge is 0.261 e. The number of rotatable bonds is 2. The second kappa shape index (κ2) is 4.37. The van der Waals surface area contributed by atoms with E-state index in [-0.39, 0.29) is 15.8 Å². The molecule has 6 heteroatoms. The first-order valence-electron chi connectivity index (χ1n) is 4.84. The van der Waals surface area contributed by atoms with E-state index in [0.29, 0.717) is 11.5 Å². The molecule has 2 rings (SSSR count). The van der Waals surface area contributed by atoms with E-state index in [1.54, 1.807) is 13.8 Å². The summed E-state index contributed by atoms with van der Waals surface area (Å²) >= 11 is 0.801. The minimum absolute atomic E-state index is 0.0455. The van der Waals surface area contributed by atoms with Gasteiger partial charge in [0.2, 0.25) is 0 Å². The van der Waals surface area contributed by atoms with Gasteiger partial charge in [0.25, 0.3) is 5.22 Å². The SMILES string of the molecule is Cc1nc(Sc2c(F)cc(N)cc2F)oc1C. The third-order valence-corrected chi connectivity index (χ3v) is 3.16. The number of aryl methyl sites for hydroxylation is 2. The van der Waals surface area contributed by atoms with Crippen LogP contribution in [0.4, 0.5) is 14.5 Å². The number of nitrogens with two attached hydrogens (primary N) is 1. The van der Waals surface area contributed by atoms with E-state index in [0.717, 1.165) is 23.9 Å². The molecule has 0 amide bonds. The van der Waals surface area contributed by atoms with Crippen LogP contribution in [0.25, 0.3) is 0 Å². The molecule has 90 valence electrons. The molecule has 3 nitrogen and oxygen atoms in total. The minimum atomic E-state index is -0.721. The first-order chi connectivity index (χ1) is 7.97. The van der Waals surface area contributed by atoms with Gasteiger partial charge in [0.05, 0.1) is 10.6 Å². The Morgan fingerprint density at radius 2 is 1.82 bits per heavy atom. The van der Waals surface area contributed by atoms with Crippen LogP contribution in [-0.2, 0) is 0 Å². The van der Waals surface area contributed by atoms with Crippen molar-refractivity contribution in [1.29, 1.82) is 0 Å². The lowest BCUT2D eigenvalue weighted by atomic mass is 10.3. The highest BCUT2D eigenvalue weighted by atomic mass is 32.2. The largest absolute Gasteiger partial charge is 0.436 e. The van der Waals surface area contributed by atoms with Crippen LogP contribution in [-0.4, -0.2) is 4.98 Å². The van der Waals surface area contributed by atoms with Crippen molar-refractivity contribution in [2.75, 3.05) is 5.73 Å². The topological polar surface area (TPSA) is 52.0 Å². The maximum Gasteiger partial charge on any atom is 0.261 e. The molecule has 17 heavy (non-hydrogen) atoms. The molecule has 0 atom stereocenters. The molecule has 0 aliphatic heterocycles. The summed E-state index contributed by atoms with van der Waals surface area (Å²) in [5.74, 6) is -0.814. The number of halogens is 2. The summed E-state index contributed by atoms with van der Waals surface area (Å²) in [5.41, 5.74) is 6.07. The van der Waals surface area contributed by atoms with Crippen LogP contribution in [0.1, 0.15) is 11.5 Å². The number of hydrogen-bond acceptors (Lipinski definition) is 4. The summed E-state index contributed by atoms with van der Waals surface area (Å²) in [6.45, 7) is 3.50. The van der Waals surface area contributed by atoms with Crippen LogP contribution in [0, 0.1) is 25.5 Å². The lowest BCUT2D eigenvalue weighted by molar-refractivity contribution is 0.429. The fourth-order valence-corrected chi connectivity index (χ4v) is 2.09. The normalized spacial score (nSPS) is 10.8. The highest BCUT2D eigenvalue weighted by molar-refractivity contribution is 7.99. The number of nitrogen functional groups attached to an aromatic ring is 1. The zero-order chi connectivity index (χ0) is 12.6. The Morgan fingerprint density at radius 3 is 2.29 bits per heavy atom. The van der Waals surface area contributed by atoms with E-state index in [9.17, 15) is 8.78 Å². The van der Waals surface area contributed by atoms with E-state index in [1.165, 1.54) is 0 Å². The van der Waals surface area contributed by atoms with Gasteiger partial charge < -0.3 is 10.2 Å². The van der Waals surface area contributed by atoms with Gasteiger partial charge >= 0.3 is 0 Å². The Morgan fingerprint density at radius 1 is 1.24 bits per heavy atom. The highest BCUT2D eigenvalue weighted by Crippen LogP contribution is 2.33. The molecule has 0 aliphatic rings. The second-order valence-corrected chi connectivity index (χ2v) is 4.50. The molecular formula is C11H10F2N2OS. The van der Waals surface area contributed by atoms with Crippen molar-refractivity contribution in [2.45, 2.75) is 24.0 Å². The van der Waals surface area contributed by atoms with Crippen molar-refractivity contribution >= 4 is 17.4 Å². The molecule has 2 N–H and O–H groups in total. The van der Waals surface area contributed by atoms with Crippen molar-refractivity contribution in [1.82, 2.24) is 4.98 Å². The van der Waals surface area contributed by atoms with Crippen LogP contribution in [0.15, 0.2) is 26.7 Å².